The van der Waals surface area contributed by atoms with Gasteiger partial charge in [0.2, 0.25) is 0 Å². The van der Waals surface area contributed by atoms with Gasteiger partial charge in [0, 0.05) is 38.0 Å². The van der Waals surface area contributed by atoms with E-state index in [1.165, 1.54) is 0 Å². The fourth-order valence-corrected chi connectivity index (χ4v) is 2.94. The zero-order valence-electron chi connectivity index (χ0n) is 9.83. The van der Waals surface area contributed by atoms with Crippen molar-refractivity contribution in [2.24, 2.45) is 11.1 Å². The molecule has 0 bridgehead atoms. The summed E-state index contributed by atoms with van der Waals surface area (Å²) >= 11 is 0. The number of ketones is 1. The van der Waals surface area contributed by atoms with Crippen LogP contribution in [0, 0.1) is 5.41 Å². The lowest BCUT2D eigenvalue weighted by Gasteiger charge is -2.43. The largest absolute Gasteiger partial charge is 0.326 e. The van der Waals surface area contributed by atoms with Crippen LogP contribution in [0.2, 0.25) is 0 Å². The van der Waals surface area contributed by atoms with Crippen molar-refractivity contribution in [3.05, 3.63) is 0 Å². The van der Waals surface area contributed by atoms with Crippen LogP contribution in [-0.4, -0.2) is 35.9 Å². The molecule has 0 aromatic rings. The molecule has 2 fully saturated rings. The summed E-state index contributed by atoms with van der Waals surface area (Å²) in [4.78, 5) is 14.0. The zero-order chi connectivity index (χ0) is 11.1. The van der Waals surface area contributed by atoms with Crippen LogP contribution < -0.4 is 5.73 Å². The predicted molar refractivity (Wildman–Crippen MR) is 60.6 cm³/mol. The third-order valence-electron chi connectivity index (χ3n) is 4.07. The smallest absolute Gasteiger partial charge is 0.134 e. The Labute approximate surface area is 92.0 Å². The first-order valence-corrected chi connectivity index (χ1v) is 6.00. The molecule has 2 rings (SSSR count). The lowest BCUT2D eigenvalue weighted by Crippen LogP contribution is -2.48. The summed E-state index contributed by atoms with van der Waals surface area (Å²) in [7, 11) is 0. The molecule has 2 unspecified atom stereocenters. The molecule has 1 saturated carbocycles. The SMILES string of the molecule is CC1(C)CCC(=O)CC1N1CCC(N)C1. The highest BCUT2D eigenvalue weighted by atomic mass is 16.1. The van der Waals surface area contributed by atoms with Gasteiger partial charge < -0.3 is 5.73 Å². The minimum absolute atomic E-state index is 0.276. The fraction of sp³-hybridized carbons (Fsp3) is 0.917. The maximum Gasteiger partial charge on any atom is 0.134 e. The van der Waals surface area contributed by atoms with Gasteiger partial charge in [-0.05, 0) is 18.3 Å². The molecule has 0 aromatic carbocycles. The lowest BCUT2D eigenvalue weighted by molar-refractivity contribution is -0.125. The molecular weight excluding hydrogens is 188 g/mol. The van der Waals surface area contributed by atoms with E-state index in [-0.39, 0.29) is 5.41 Å². The van der Waals surface area contributed by atoms with Crippen LogP contribution in [0.1, 0.15) is 39.5 Å². The first-order chi connectivity index (χ1) is 6.99. The monoisotopic (exact) mass is 210 g/mol. The first-order valence-electron chi connectivity index (χ1n) is 6.00. The van der Waals surface area contributed by atoms with E-state index in [4.69, 9.17) is 5.73 Å². The Kier molecular flexibility index (Phi) is 2.86. The van der Waals surface area contributed by atoms with Crippen LogP contribution in [0.3, 0.4) is 0 Å². The van der Waals surface area contributed by atoms with Crippen molar-refractivity contribution >= 4 is 5.78 Å². The minimum Gasteiger partial charge on any atom is -0.326 e. The number of Topliss-reactive ketones (excluding diaryl/α,β-unsaturated/α-hetero) is 1. The first kappa shape index (κ1) is 11.1. The molecule has 3 heteroatoms. The maximum atomic E-state index is 11.5. The minimum atomic E-state index is 0.276. The number of nitrogens with zero attached hydrogens (tertiary/aromatic N) is 1. The average molecular weight is 210 g/mol. The third-order valence-corrected chi connectivity index (χ3v) is 4.07. The van der Waals surface area contributed by atoms with Gasteiger partial charge in [0.05, 0.1) is 0 Å². The van der Waals surface area contributed by atoms with Gasteiger partial charge in [-0.25, -0.2) is 0 Å². The van der Waals surface area contributed by atoms with Crippen molar-refractivity contribution in [1.82, 2.24) is 4.90 Å². The lowest BCUT2D eigenvalue weighted by atomic mass is 9.72. The van der Waals surface area contributed by atoms with Gasteiger partial charge in [-0.1, -0.05) is 13.8 Å². The number of carbonyl (C=O) groups is 1. The molecule has 0 radical (unpaired) electrons. The van der Waals surface area contributed by atoms with Crippen molar-refractivity contribution in [3.8, 4) is 0 Å². The van der Waals surface area contributed by atoms with E-state index in [9.17, 15) is 4.79 Å². The molecule has 1 aliphatic carbocycles. The second-order valence-corrected chi connectivity index (χ2v) is 5.79. The highest BCUT2D eigenvalue weighted by Crippen LogP contribution is 2.38. The van der Waals surface area contributed by atoms with Crippen LogP contribution in [-0.2, 0) is 4.79 Å². The molecule has 86 valence electrons. The summed E-state index contributed by atoms with van der Waals surface area (Å²) in [5.41, 5.74) is 6.20. The van der Waals surface area contributed by atoms with Crippen LogP contribution in [0.15, 0.2) is 0 Å². The van der Waals surface area contributed by atoms with Crippen molar-refractivity contribution in [2.45, 2.75) is 51.6 Å². The van der Waals surface area contributed by atoms with Gasteiger partial charge in [0.25, 0.3) is 0 Å². The Bertz CT molecular complexity index is 262. The van der Waals surface area contributed by atoms with E-state index in [2.05, 4.69) is 18.7 Å². The molecule has 0 amide bonds. The number of hydrogen-bond acceptors (Lipinski definition) is 3. The molecule has 0 spiro atoms. The molecule has 15 heavy (non-hydrogen) atoms. The molecule has 3 nitrogen and oxygen atoms in total. The Hall–Kier alpha value is -0.410. The van der Waals surface area contributed by atoms with Gasteiger partial charge in [-0.2, -0.15) is 0 Å². The normalized spacial score (nSPS) is 37.1. The molecule has 1 aliphatic heterocycles. The molecule has 1 heterocycles. The van der Waals surface area contributed by atoms with Crippen LogP contribution >= 0.6 is 0 Å². The Morgan fingerprint density at radius 1 is 1.47 bits per heavy atom. The van der Waals surface area contributed by atoms with Crippen LogP contribution in [0.25, 0.3) is 0 Å². The predicted octanol–water partition coefficient (Wildman–Crippen LogP) is 1.17. The van der Waals surface area contributed by atoms with Crippen molar-refractivity contribution in [2.75, 3.05) is 13.1 Å². The summed E-state index contributed by atoms with van der Waals surface area (Å²) < 4.78 is 0. The number of carbonyl (C=O) groups excluding carboxylic acids is 1. The number of nitrogens with two attached hydrogens (primary N) is 1. The zero-order valence-corrected chi connectivity index (χ0v) is 9.83. The van der Waals surface area contributed by atoms with Crippen molar-refractivity contribution in [1.29, 1.82) is 0 Å². The topological polar surface area (TPSA) is 46.3 Å². The van der Waals surface area contributed by atoms with Crippen molar-refractivity contribution in [3.63, 3.8) is 0 Å². The second-order valence-electron chi connectivity index (χ2n) is 5.79. The number of hydrogen-bond donors (Lipinski definition) is 1. The Morgan fingerprint density at radius 3 is 2.80 bits per heavy atom. The summed E-state index contributed by atoms with van der Waals surface area (Å²) in [5.74, 6) is 0.430. The molecule has 2 atom stereocenters. The van der Waals surface area contributed by atoms with Gasteiger partial charge in [-0.15, -0.1) is 0 Å². The van der Waals surface area contributed by atoms with Gasteiger partial charge in [-0.3, -0.25) is 9.69 Å². The van der Waals surface area contributed by atoms with Crippen LogP contribution in [0.5, 0.6) is 0 Å². The third kappa shape index (κ3) is 2.23. The highest BCUT2D eigenvalue weighted by Gasteiger charge is 2.40. The van der Waals surface area contributed by atoms with E-state index >= 15 is 0 Å². The van der Waals surface area contributed by atoms with E-state index in [0.29, 0.717) is 17.9 Å². The Morgan fingerprint density at radius 2 is 2.20 bits per heavy atom. The molecule has 1 saturated heterocycles. The average Bonchev–Trinajstić information content (AvgIpc) is 2.56. The van der Waals surface area contributed by atoms with Crippen LogP contribution in [0.4, 0.5) is 0 Å². The summed E-state index contributed by atoms with van der Waals surface area (Å²) in [6.07, 6.45) is 3.62. The number of rotatable bonds is 1. The van der Waals surface area contributed by atoms with E-state index < -0.39 is 0 Å². The van der Waals surface area contributed by atoms with Crippen molar-refractivity contribution < 1.29 is 4.79 Å². The molecular formula is C12H22N2O. The quantitative estimate of drug-likeness (QED) is 0.706. The Balaban J connectivity index is 2.07. The van der Waals surface area contributed by atoms with Gasteiger partial charge in [0.15, 0.2) is 0 Å². The fourth-order valence-electron chi connectivity index (χ4n) is 2.94. The summed E-state index contributed by atoms with van der Waals surface area (Å²) in [5, 5.41) is 0. The standard InChI is InChI=1S/C12H22N2O/c1-12(2)5-3-10(15)7-11(12)14-6-4-9(13)8-14/h9,11H,3-8,13H2,1-2H3. The van der Waals surface area contributed by atoms with Gasteiger partial charge in [0.1, 0.15) is 5.78 Å². The highest BCUT2D eigenvalue weighted by molar-refractivity contribution is 5.80. The van der Waals surface area contributed by atoms with E-state index in [1.54, 1.807) is 0 Å². The summed E-state index contributed by atoms with van der Waals surface area (Å²) in [6, 6.07) is 0.741. The maximum absolute atomic E-state index is 11.5. The van der Waals surface area contributed by atoms with E-state index in [1.807, 2.05) is 0 Å². The molecule has 0 aromatic heterocycles. The molecule has 2 N–H and O–H groups in total. The van der Waals surface area contributed by atoms with Gasteiger partial charge >= 0.3 is 0 Å². The summed E-state index contributed by atoms with van der Waals surface area (Å²) in [6.45, 7) is 6.62. The molecule has 2 aliphatic rings. The second kappa shape index (κ2) is 3.87. The number of likely N-dealkylation sites (tertiary alicyclic amines) is 1. The van der Waals surface area contributed by atoms with E-state index in [0.717, 1.165) is 38.8 Å².